The number of aromatic nitrogens is 1. The van der Waals surface area contributed by atoms with Gasteiger partial charge in [0.2, 0.25) is 0 Å². The molecule has 0 radical (unpaired) electrons. The van der Waals surface area contributed by atoms with Gasteiger partial charge in [-0.05, 0) is 77.6 Å². The maximum Gasteiger partial charge on any atom is 0.263 e. The number of hydrogen-bond acceptors (Lipinski definition) is 5. The number of carbonyl (C=O) groups is 1. The molecule has 0 spiro atoms. The minimum Gasteiger partial charge on any atom is -0.350 e. The van der Waals surface area contributed by atoms with Crippen LogP contribution >= 0.6 is 0 Å². The number of rotatable bonds is 5. The summed E-state index contributed by atoms with van der Waals surface area (Å²) >= 11 is 0. The van der Waals surface area contributed by atoms with Crippen molar-refractivity contribution in [3.8, 4) is 0 Å². The fourth-order valence-corrected chi connectivity index (χ4v) is 5.37. The zero-order chi connectivity index (χ0) is 20.6. The van der Waals surface area contributed by atoms with Gasteiger partial charge in [0.25, 0.3) is 11.5 Å². The lowest BCUT2D eigenvalue weighted by Gasteiger charge is -2.46. The molecule has 0 unspecified atom stereocenters. The second-order valence-corrected chi connectivity index (χ2v) is 9.28. The SMILES string of the molecule is CCN1CCC(CNC(=O)c2ccc3n(c2=O)C[C@@H]2CNC[C@H]3C2)(N(C)C)CC1. The van der Waals surface area contributed by atoms with Crippen LogP contribution in [-0.4, -0.2) is 79.2 Å². The van der Waals surface area contributed by atoms with Gasteiger partial charge in [-0.15, -0.1) is 0 Å². The Hall–Kier alpha value is -1.70. The predicted molar refractivity (Wildman–Crippen MR) is 115 cm³/mol. The molecule has 2 N–H and O–H groups in total. The Balaban J connectivity index is 1.49. The first-order valence-corrected chi connectivity index (χ1v) is 11.1. The molecular formula is C22H35N5O2. The van der Waals surface area contributed by atoms with Gasteiger partial charge in [0.1, 0.15) is 5.56 Å². The highest BCUT2D eigenvalue weighted by molar-refractivity contribution is 5.93. The third-order valence-electron chi connectivity index (χ3n) is 7.51. The van der Waals surface area contributed by atoms with E-state index < -0.39 is 0 Å². The van der Waals surface area contributed by atoms with Gasteiger partial charge in [0.05, 0.1) is 0 Å². The van der Waals surface area contributed by atoms with Gasteiger partial charge in [-0.1, -0.05) is 6.92 Å². The van der Waals surface area contributed by atoms with Crippen molar-refractivity contribution in [1.82, 2.24) is 25.0 Å². The fourth-order valence-electron chi connectivity index (χ4n) is 5.37. The van der Waals surface area contributed by atoms with E-state index in [-0.39, 0.29) is 22.6 Å². The van der Waals surface area contributed by atoms with E-state index in [1.54, 1.807) is 6.07 Å². The first kappa shape index (κ1) is 20.6. The van der Waals surface area contributed by atoms with Gasteiger partial charge >= 0.3 is 0 Å². The zero-order valence-electron chi connectivity index (χ0n) is 18.0. The molecule has 0 aromatic carbocycles. The topological polar surface area (TPSA) is 69.6 Å². The third-order valence-corrected chi connectivity index (χ3v) is 7.51. The summed E-state index contributed by atoms with van der Waals surface area (Å²) in [6.45, 7) is 8.52. The molecule has 2 atom stereocenters. The van der Waals surface area contributed by atoms with Crippen molar-refractivity contribution in [2.24, 2.45) is 5.92 Å². The Morgan fingerprint density at radius 1 is 1.28 bits per heavy atom. The Morgan fingerprint density at radius 2 is 2.03 bits per heavy atom. The minimum atomic E-state index is -0.238. The molecule has 7 heteroatoms. The van der Waals surface area contributed by atoms with E-state index in [0.29, 0.717) is 24.9 Å². The van der Waals surface area contributed by atoms with E-state index in [1.165, 1.54) is 0 Å². The molecular weight excluding hydrogens is 366 g/mol. The average molecular weight is 402 g/mol. The molecule has 4 heterocycles. The molecule has 29 heavy (non-hydrogen) atoms. The molecule has 160 valence electrons. The lowest BCUT2D eigenvalue weighted by atomic mass is 9.84. The van der Waals surface area contributed by atoms with Crippen molar-refractivity contribution in [3.05, 3.63) is 33.7 Å². The molecule has 2 saturated heterocycles. The van der Waals surface area contributed by atoms with Crippen molar-refractivity contribution < 1.29 is 4.79 Å². The maximum absolute atomic E-state index is 13.1. The van der Waals surface area contributed by atoms with Gasteiger partial charge in [-0.3, -0.25) is 9.59 Å². The molecule has 1 aromatic heterocycles. The van der Waals surface area contributed by atoms with Crippen LogP contribution in [0.4, 0.5) is 0 Å². The van der Waals surface area contributed by atoms with E-state index in [1.807, 2.05) is 10.6 Å². The first-order chi connectivity index (χ1) is 13.9. The van der Waals surface area contributed by atoms with Crippen LogP contribution in [0.25, 0.3) is 0 Å². The van der Waals surface area contributed by atoms with Crippen LogP contribution in [0.5, 0.6) is 0 Å². The average Bonchev–Trinajstić information content (AvgIpc) is 2.73. The van der Waals surface area contributed by atoms with Crippen LogP contribution in [0, 0.1) is 5.92 Å². The third kappa shape index (κ3) is 3.88. The van der Waals surface area contributed by atoms with Gasteiger partial charge in [0, 0.05) is 36.8 Å². The Bertz CT molecular complexity index is 810. The molecule has 2 fully saturated rings. The van der Waals surface area contributed by atoms with E-state index in [0.717, 1.165) is 57.7 Å². The van der Waals surface area contributed by atoms with Crippen molar-refractivity contribution in [1.29, 1.82) is 0 Å². The van der Waals surface area contributed by atoms with Gasteiger partial charge < -0.3 is 25.0 Å². The highest BCUT2D eigenvalue weighted by atomic mass is 16.2. The van der Waals surface area contributed by atoms with Crippen molar-refractivity contribution in [2.45, 2.75) is 44.2 Å². The standard InChI is InChI=1S/C22H35N5O2/c1-4-26-9-7-22(8-10-26,25(2)3)15-24-20(28)18-5-6-19-17-11-16(12-23-13-17)14-27(19)21(18)29/h5-6,16-17,23H,4,7-15H2,1-3H3,(H,24,28)/t16-,17+/m0/s1. The normalized spacial score (nSPS) is 26.2. The largest absolute Gasteiger partial charge is 0.350 e. The Labute approximate surface area is 173 Å². The molecule has 1 aromatic rings. The molecule has 4 rings (SSSR count). The van der Waals surface area contributed by atoms with Gasteiger partial charge in [0.15, 0.2) is 0 Å². The van der Waals surface area contributed by atoms with Crippen LogP contribution in [0.1, 0.15) is 48.2 Å². The van der Waals surface area contributed by atoms with Crippen LogP contribution in [0.3, 0.4) is 0 Å². The summed E-state index contributed by atoms with van der Waals surface area (Å²) in [5.74, 6) is 0.629. The number of pyridine rings is 1. The summed E-state index contributed by atoms with van der Waals surface area (Å²) in [5, 5.41) is 6.56. The number of nitrogens with one attached hydrogen (secondary N) is 2. The summed E-state index contributed by atoms with van der Waals surface area (Å²) in [4.78, 5) is 30.8. The van der Waals surface area contributed by atoms with Crippen LogP contribution in [0.15, 0.2) is 16.9 Å². The highest BCUT2D eigenvalue weighted by Gasteiger charge is 2.37. The summed E-state index contributed by atoms with van der Waals surface area (Å²) in [7, 11) is 4.18. The molecule has 2 bridgehead atoms. The maximum atomic E-state index is 13.1. The number of amides is 1. The van der Waals surface area contributed by atoms with E-state index in [4.69, 9.17) is 0 Å². The fraction of sp³-hybridized carbons (Fsp3) is 0.727. The number of likely N-dealkylation sites (tertiary alicyclic amines) is 1. The summed E-state index contributed by atoms with van der Waals surface area (Å²) < 4.78 is 1.86. The monoisotopic (exact) mass is 401 g/mol. The second-order valence-electron chi connectivity index (χ2n) is 9.28. The molecule has 7 nitrogen and oxygen atoms in total. The number of fused-ring (bicyclic) bond motifs is 4. The highest BCUT2D eigenvalue weighted by Crippen LogP contribution is 2.32. The van der Waals surface area contributed by atoms with Crippen LogP contribution in [-0.2, 0) is 6.54 Å². The number of carbonyl (C=O) groups excluding carboxylic acids is 1. The smallest absolute Gasteiger partial charge is 0.263 e. The van der Waals surface area contributed by atoms with Gasteiger partial charge in [-0.25, -0.2) is 0 Å². The first-order valence-electron chi connectivity index (χ1n) is 11.1. The molecule has 3 aliphatic rings. The molecule has 0 aliphatic carbocycles. The van der Waals surface area contributed by atoms with Crippen molar-refractivity contribution in [2.75, 3.05) is 53.4 Å². The summed E-state index contributed by atoms with van der Waals surface area (Å²) in [6.07, 6.45) is 3.18. The molecule has 0 saturated carbocycles. The zero-order valence-corrected chi connectivity index (χ0v) is 18.0. The summed E-state index contributed by atoms with van der Waals surface area (Å²) in [6, 6.07) is 3.73. The minimum absolute atomic E-state index is 0.0472. The van der Waals surface area contributed by atoms with E-state index >= 15 is 0 Å². The van der Waals surface area contributed by atoms with Crippen LogP contribution < -0.4 is 16.2 Å². The lowest BCUT2D eigenvalue weighted by molar-refractivity contribution is 0.0547. The second kappa shape index (κ2) is 8.20. The number of nitrogens with zero attached hydrogens (tertiary/aromatic N) is 3. The Morgan fingerprint density at radius 3 is 2.72 bits per heavy atom. The number of hydrogen-bond donors (Lipinski definition) is 2. The Kier molecular flexibility index (Phi) is 5.82. The summed E-state index contributed by atoms with van der Waals surface area (Å²) in [5.41, 5.74) is 1.18. The number of piperidine rings is 2. The molecule has 1 amide bonds. The molecule has 3 aliphatic heterocycles. The lowest BCUT2D eigenvalue weighted by Crippen LogP contribution is -2.58. The van der Waals surface area contributed by atoms with Crippen LogP contribution in [0.2, 0.25) is 0 Å². The van der Waals surface area contributed by atoms with Crippen molar-refractivity contribution in [3.63, 3.8) is 0 Å². The van der Waals surface area contributed by atoms with E-state index in [9.17, 15) is 9.59 Å². The van der Waals surface area contributed by atoms with Gasteiger partial charge in [-0.2, -0.15) is 0 Å². The quantitative estimate of drug-likeness (QED) is 0.760. The van der Waals surface area contributed by atoms with E-state index in [2.05, 4.69) is 41.5 Å². The van der Waals surface area contributed by atoms with Crippen molar-refractivity contribution >= 4 is 5.91 Å². The predicted octanol–water partition coefficient (Wildman–Crippen LogP) is 0.701. The number of likely N-dealkylation sites (N-methyl/N-ethyl adjacent to an activating group) is 1.